The lowest BCUT2D eigenvalue weighted by Gasteiger charge is -2.35. The average Bonchev–Trinajstić information content (AvgIpc) is 2.75. The minimum absolute atomic E-state index is 0.0848. The highest BCUT2D eigenvalue weighted by molar-refractivity contribution is 7.89. The predicted molar refractivity (Wildman–Crippen MR) is 118 cm³/mol. The van der Waals surface area contributed by atoms with Gasteiger partial charge in [0.1, 0.15) is 0 Å². The highest BCUT2D eigenvalue weighted by Gasteiger charge is 2.32. The quantitative estimate of drug-likeness (QED) is 0.459. The van der Waals surface area contributed by atoms with Crippen molar-refractivity contribution in [2.45, 2.75) is 18.2 Å². The number of carbonyl (C=O) groups excluding carboxylic acids is 1. The molecule has 3 rings (SSSR count). The Morgan fingerprint density at radius 3 is 2.42 bits per heavy atom. The van der Waals surface area contributed by atoms with Gasteiger partial charge in [-0.3, -0.25) is 14.9 Å². The molecule has 1 amide bonds. The van der Waals surface area contributed by atoms with Crippen molar-refractivity contribution in [3.8, 4) is 0 Å². The third kappa shape index (κ3) is 5.35. The number of carbonyl (C=O) groups is 1. The smallest absolute Gasteiger partial charge is 0.270 e. The van der Waals surface area contributed by atoms with Gasteiger partial charge in [-0.1, -0.05) is 42.3 Å². The molecule has 0 aromatic heterocycles. The Labute approximate surface area is 190 Å². The number of nitrogens with zero attached hydrogens (tertiary/aromatic N) is 3. The lowest BCUT2D eigenvalue weighted by molar-refractivity contribution is -0.385. The number of amides is 1. The third-order valence-corrected chi connectivity index (χ3v) is 7.66. The van der Waals surface area contributed by atoms with Crippen LogP contribution < -0.4 is 0 Å². The van der Waals surface area contributed by atoms with Gasteiger partial charge in [0.05, 0.1) is 9.82 Å². The average molecular weight is 486 g/mol. The Morgan fingerprint density at radius 1 is 1.13 bits per heavy atom. The van der Waals surface area contributed by atoms with E-state index in [9.17, 15) is 23.3 Å². The topological polar surface area (TPSA) is 101 Å². The van der Waals surface area contributed by atoms with Crippen LogP contribution in [0.1, 0.15) is 12.5 Å². The summed E-state index contributed by atoms with van der Waals surface area (Å²) in [6.45, 7) is 2.52. The van der Waals surface area contributed by atoms with Crippen molar-refractivity contribution in [3.63, 3.8) is 0 Å². The van der Waals surface area contributed by atoms with Crippen molar-refractivity contribution in [1.82, 2.24) is 9.21 Å². The standard InChI is InChI=1S/C20H21Cl2N3O5S/c1-14(11-15-5-6-16(21)12-19(15)22)20(26)23-7-9-24(10-8-23)31(29,30)18-4-2-3-17(13-18)25(27)28/h2-6,12-14H,7-11H2,1H3. The van der Waals surface area contributed by atoms with E-state index < -0.39 is 14.9 Å². The Hall–Kier alpha value is -2.20. The van der Waals surface area contributed by atoms with E-state index in [0.717, 1.165) is 11.6 Å². The number of rotatable bonds is 6. The molecule has 0 radical (unpaired) electrons. The van der Waals surface area contributed by atoms with E-state index in [1.54, 1.807) is 30.0 Å². The fraction of sp³-hybridized carbons (Fsp3) is 0.350. The maximum absolute atomic E-state index is 12.9. The first-order valence-electron chi connectivity index (χ1n) is 9.57. The first kappa shape index (κ1) is 23.5. The molecule has 31 heavy (non-hydrogen) atoms. The summed E-state index contributed by atoms with van der Waals surface area (Å²) in [7, 11) is -3.88. The molecule has 0 bridgehead atoms. The van der Waals surface area contributed by atoms with E-state index in [2.05, 4.69) is 0 Å². The molecule has 11 heteroatoms. The zero-order valence-corrected chi connectivity index (χ0v) is 19.0. The number of hydrogen-bond donors (Lipinski definition) is 0. The summed E-state index contributed by atoms with van der Waals surface area (Å²) in [5, 5.41) is 12.0. The number of halogens is 2. The molecular formula is C20H21Cl2N3O5S. The van der Waals surface area contributed by atoms with Gasteiger partial charge >= 0.3 is 0 Å². The maximum atomic E-state index is 12.9. The Kier molecular flexibility index (Phi) is 7.20. The van der Waals surface area contributed by atoms with Gasteiger partial charge in [-0.15, -0.1) is 0 Å². The van der Waals surface area contributed by atoms with Gasteiger partial charge in [-0.25, -0.2) is 8.42 Å². The minimum atomic E-state index is -3.88. The van der Waals surface area contributed by atoms with E-state index >= 15 is 0 Å². The van der Waals surface area contributed by atoms with Gasteiger partial charge in [0.25, 0.3) is 5.69 Å². The number of sulfonamides is 1. The highest BCUT2D eigenvalue weighted by atomic mass is 35.5. The molecule has 0 saturated carbocycles. The summed E-state index contributed by atoms with van der Waals surface area (Å²) in [6.07, 6.45) is 0.445. The molecule has 0 aliphatic carbocycles. The van der Waals surface area contributed by atoms with Gasteiger partial charge in [-0.2, -0.15) is 4.31 Å². The third-order valence-electron chi connectivity index (χ3n) is 5.18. The number of benzene rings is 2. The normalized spacial score (nSPS) is 16.2. The summed E-state index contributed by atoms with van der Waals surface area (Å²) in [6, 6.07) is 10.1. The second-order valence-corrected chi connectivity index (χ2v) is 10.1. The van der Waals surface area contributed by atoms with E-state index in [1.165, 1.54) is 22.5 Å². The lowest BCUT2D eigenvalue weighted by Crippen LogP contribution is -2.51. The maximum Gasteiger partial charge on any atom is 0.270 e. The van der Waals surface area contributed by atoms with Crippen LogP contribution in [-0.2, 0) is 21.2 Å². The van der Waals surface area contributed by atoms with Crippen molar-refractivity contribution < 1.29 is 18.1 Å². The van der Waals surface area contributed by atoms with Crippen LogP contribution in [0.15, 0.2) is 47.4 Å². The Morgan fingerprint density at radius 2 is 1.81 bits per heavy atom. The second kappa shape index (κ2) is 9.52. The van der Waals surface area contributed by atoms with Gasteiger partial charge in [0, 0.05) is 54.3 Å². The molecular weight excluding hydrogens is 465 g/mol. The van der Waals surface area contributed by atoms with Crippen LogP contribution in [-0.4, -0.2) is 54.6 Å². The molecule has 1 aliphatic heterocycles. The van der Waals surface area contributed by atoms with Crippen LogP contribution in [0.3, 0.4) is 0 Å². The van der Waals surface area contributed by atoms with Crippen molar-refractivity contribution in [2.24, 2.45) is 5.92 Å². The molecule has 1 atom stereocenters. The zero-order valence-electron chi connectivity index (χ0n) is 16.7. The number of hydrogen-bond acceptors (Lipinski definition) is 5. The first-order valence-corrected chi connectivity index (χ1v) is 11.8. The van der Waals surface area contributed by atoms with Gasteiger partial charge < -0.3 is 4.90 Å². The van der Waals surface area contributed by atoms with Crippen LogP contribution in [0, 0.1) is 16.0 Å². The summed E-state index contributed by atoms with van der Waals surface area (Å²) in [4.78, 5) is 24.7. The molecule has 1 heterocycles. The summed E-state index contributed by atoms with van der Waals surface area (Å²) in [5.41, 5.74) is 0.531. The molecule has 0 spiro atoms. The van der Waals surface area contributed by atoms with Gasteiger partial charge in [0.15, 0.2) is 0 Å². The van der Waals surface area contributed by atoms with Crippen LogP contribution in [0.2, 0.25) is 10.0 Å². The molecule has 1 saturated heterocycles. The number of piperazine rings is 1. The number of non-ortho nitro benzene ring substituents is 1. The Balaban J connectivity index is 1.63. The first-order chi connectivity index (χ1) is 14.6. The van der Waals surface area contributed by atoms with Crippen molar-refractivity contribution in [1.29, 1.82) is 0 Å². The fourth-order valence-electron chi connectivity index (χ4n) is 3.47. The van der Waals surface area contributed by atoms with Gasteiger partial charge in [0.2, 0.25) is 15.9 Å². The van der Waals surface area contributed by atoms with Crippen LogP contribution in [0.5, 0.6) is 0 Å². The summed E-state index contributed by atoms with van der Waals surface area (Å²) >= 11 is 12.1. The largest absolute Gasteiger partial charge is 0.340 e. The highest BCUT2D eigenvalue weighted by Crippen LogP contribution is 2.25. The molecule has 166 valence electrons. The Bertz CT molecular complexity index is 1100. The van der Waals surface area contributed by atoms with Crippen molar-refractivity contribution in [3.05, 3.63) is 68.2 Å². The van der Waals surface area contributed by atoms with Crippen LogP contribution in [0.4, 0.5) is 5.69 Å². The van der Waals surface area contributed by atoms with Gasteiger partial charge in [-0.05, 0) is 30.2 Å². The van der Waals surface area contributed by atoms with Crippen LogP contribution >= 0.6 is 23.2 Å². The molecule has 1 unspecified atom stereocenters. The monoisotopic (exact) mass is 485 g/mol. The fourth-order valence-corrected chi connectivity index (χ4v) is 5.42. The predicted octanol–water partition coefficient (Wildman–Crippen LogP) is 3.61. The molecule has 2 aromatic rings. The second-order valence-electron chi connectivity index (χ2n) is 7.32. The summed E-state index contributed by atoms with van der Waals surface area (Å²) < 4.78 is 27.0. The van der Waals surface area contributed by atoms with E-state index in [1.807, 2.05) is 0 Å². The SMILES string of the molecule is CC(Cc1ccc(Cl)cc1Cl)C(=O)N1CCN(S(=O)(=O)c2cccc([N+](=O)[O-])c2)CC1. The van der Waals surface area contributed by atoms with E-state index in [-0.39, 0.29) is 48.6 Å². The van der Waals surface area contributed by atoms with E-state index in [0.29, 0.717) is 16.5 Å². The molecule has 0 N–H and O–H groups in total. The number of nitro benzene ring substituents is 1. The van der Waals surface area contributed by atoms with Crippen LogP contribution in [0.25, 0.3) is 0 Å². The van der Waals surface area contributed by atoms with Crippen molar-refractivity contribution in [2.75, 3.05) is 26.2 Å². The number of nitro groups is 1. The molecule has 8 nitrogen and oxygen atoms in total. The lowest BCUT2D eigenvalue weighted by atomic mass is 9.99. The minimum Gasteiger partial charge on any atom is -0.340 e. The zero-order chi connectivity index (χ0) is 22.8. The molecule has 2 aromatic carbocycles. The van der Waals surface area contributed by atoms with E-state index in [4.69, 9.17) is 23.2 Å². The summed E-state index contributed by atoms with van der Waals surface area (Å²) in [5.74, 6) is -0.419. The molecule has 1 aliphatic rings. The van der Waals surface area contributed by atoms with Crippen molar-refractivity contribution >= 4 is 44.8 Å². The molecule has 1 fully saturated rings.